The minimum absolute atomic E-state index is 0.0361. The monoisotopic (exact) mass is 411 g/mol. The van der Waals surface area contributed by atoms with Crippen molar-refractivity contribution in [3.63, 3.8) is 0 Å². The minimum atomic E-state index is -0.360. The highest BCUT2D eigenvalue weighted by molar-refractivity contribution is 6.06. The lowest BCUT2D eigenvalue weighted by Gasteiger charge is -2.23. The van der Waals surface area contributed by atoms with Gasteiger partial charge in [-0.25, -0.2) is 5.84 Å². The van der Waals surface area contributed by atoms with Crippen LogP contribution >= 0.6 is 0 Å². The van der Waals surface area contributed by atoms with Crippen molar-refractivity contribution in [3.05, 3.63) is 58.9 Å². The number of methoxy groups -OCH3 is 1. The van der Waals surface area contributed by atoms with E-state index in [0.717, 1.165) is 11.1 Å². The van der Waals surface area contributed by atoms with Gasteiger partial charge in [0.1, 0.15) is 0 Å². The molecule has 0 saturated heterocycles. The molecule has 0 aliphatic carbocycles. The summed E-state index contributed by atoms with van der Waals surface area (Å²) in [7, 11) is 1.50. The number of amides is 1. The van der Waals surface area contributed by atoms with Gasteiger partial charge >= 0.3 is 0 Å². The summed E-state index contributed by atoms with van der Waals surface area (Å²) < 4.78 is 5.40. The van der Waals surface area contributed by atoms with Gasteiger partial charge in [-0.3, -0.25) is 14.6 Å². The van der Waals surface area contributed by atoms with Gasteiger partial charge in [-0.05, 0) is 47.7 Å². The molecule has 2 aromatic carbocycles. The van der Waals surface area contributed by atoms with Crippen LogP contribution in [-0.2, 0) is 10.2 Å². The molecule has 0 saturated carbocycles. The molecule has 2 rings (SSSR count). The summed E-state index contributed by atoms with van der Waals surface area (Å²) >= 11 is 0. The topological polar surface area (TPSA) is 137 Å². The molecule has 0 aromatic heterocycles. The first-order valence-corrected chi connectivity index (χ1v) is 9.34. The van der Waals surface area contributed by atoms with E-state index in [-0.39, 0.29) is 17.0 Å². The second-order valence-electron chi connectivity index (χ2n) is 8.01. The zero-order chi connectivity index (χ0) is 22.6. The molecule has 0 aliphatic heterocycles. The lowest BCUT2D eigenvalue weighted by molar-refractivity contribution is -0.105. The summed E-state index contributed by atoms with van der Waals surface area (Å²) in [5.74, 6) is 6.01. The fraction of sp³-hybridized carbons (Fsp3) is 0.273. The maximum absolute atomic E-state index is 13.0. The van der Waals surface area contributed by atoms with Gasteiger partial charge in [-0.1, -0.05) is 26.8 Å². The van der Waals surface area contributed by atoms with E-state index in [9.17, 15) is 9.59 Å². The second-order valence-corrected chi connectivity index (χ2v) is 8.01. The predicted octanol–water partition coefficient (Wildman–Crippen LogP) is 2.81. The summed E-state index contributed by atoms with van der Waals surface area (Å²) in [5.41, 5.74) is 15.0. The van der Waals surface area contributed by atoms with Crippen molar-refractivity contribution >= 4 is 29.3 Å². The van der Waals surface area contributed by atoms with Crippen LogP contribution in [0.2, 0.25) is 0 Å². The molecule has 7 N–H and O–H groups in total. The molecular weight excluding hydrogens is 382 g/mol. The number of hydrazine groups is 1. The van der Waals surface area contributed by atoms with Crippen LogP contribution in [0.15, 0.2) is 42.2 Å². The van der Waals surface area contributed by atoms with E-state index in [0.29, 0.717) is 34.7 Å². The number of anilines is 3. The van der Waals surface area contributed by atoms with E-state index in [1.807, 2.05) is 19.1 Å². The smallest absolute Gasteiger partial charge is 0.255 e. The van der Waals surface area contributed by atoms with Gasteiger partial charge in [0.25, 0.3) is 5.91 Å². The number of nitrogens with two attached hydrogens (primary N) is 3. The highest BCUT2D eigenvalue weighted by Crippen LogP contribution is 2.37. The number of rotatable bonds is 6. The highest BCUT2D eigenvalue weighted by atomic mass is 16.5. The third-order valence-corrected chi connectivity index (χ3v) is 4.61. The van der Waals surface area contributed by atoms with E-state index in [1.54, 1.807) is 18.2 Å². The number of aldehydes is 1. The Balaban J connectivity index is 2.42. The van der Waals surface area contributed by atoms with Gasteiger partial charge in [0, 0.05) is 11.8 Å². The van der Waals surface area contributed by atoms with Crippen molar-refractivity contribution in [2.24, 2.45) is 11.6 Å². The van der Waals surface area contributed by atoms with Gasteiger partial charge in [0.05, 0.1) is 29.9 Å². The van der Waals surface area contributed by atoms with Crippen molar-refractivity contribution in [1.29, 1.82) is 0 Å². The Labute approximate surface area is 176 Å². The lowest BCUT2D eigenvalue weighted by Crippen LogP contribution is -2.27. The fourth-order valence-corrected chi connectivity index (χ4v) is 2.89. The van der Waals surface area contributed by atoms with Crippen LogP contribution in [0.1, 0.15) is 42.3 Å². The molecule has 0 radical (unpaired) electrons. The van der Waals surface area contributed by atoms with Crippen LogP contribution in [0.5, 0.6) is 5.75 Å². The standard InChI is InChI=1S/C22H29N5O3/c1-13-6-7-14(8-19(13)27(25)11-16(23)12-28)21(29)26-18-10-15(22(2,3)4)9-17(24)20(18)30-5/h6-12H,23-25H2,1-5H3,(H,26,29)/b16-11-. The Hall–Kier alpha value is -3.52. The Morgan fingerprint density at radius 2 is 1.87 bits per heavy atom. The molecule has 8 nitrogen and oxygen atoms in total. The molecule has 30 heavy (non-hydrogen) atoms. The molecule has 0 bridgehead atoms. The zero-order valence-electron chi connectivity index (χ0n) is 17.9. The Morgan fingerprint density at radius 3 is 2.43 bits per heavy atom. The Kier molecular flexibility index (Phi) is 6.73. The van der Waals surface area contributed by atoms with Crippen LogP contribution in [0.25, 0.3) is 0 Å². The molecule has 2 aromatic rings. The molecule has 0 heterocycles. The van der Waals surface area contributed by atoms with E-state index in [1.165, 1.54) is 18.3 Å². The van der Waals surface area contributed by atoms with Crippen LogP contribution in [0.3, 0.4) is 0 Å². The lowest BCUT2D eigenvalue weighted by atomic mass is 9.86. The van der Waals surface area contributed by atoms with Crippen LogP contribution in [-0.4, -0.2) is 19.3 Å². The first kappa shape index (κ1) is 22.8. The minimum Gasteiger partial charge on any atom is -0.492 e. The molecule has 160 valence electrons. The summed E-state index contributed by atoms with van der Waals surface area (Å²) in [6.45, 7) is 8.00. The number of carbonyl (C=O) groups is 2. The first-order valence-electron chi connectivity index (χ1n) is 9.34. The number of carbonyl (C=O) groups excluding carboxylic acids is 2. The number of aryl methyl sites for hydroxylation is 1. The number of ether oxygens (including phenoxy) is 1. The molecule has 0 atom stereocenters. The molecular formula is C22H29N5O3. The number of allylic oxidation sites excluding steroid dienone is 1. The van der Waals surface area contributed by atoms with Gasteiger partial charge in [-0.15, -0.1) is 0 Å². The van der Waals surface area contributed by atoms with Crippen molar-refractivity contribution in [1.82, 2.24) is 0 Å². The third kappa shape index (κ3) is 5.09. The van der Waals surface area contributed by atoms with Crippen molar-refractivity contribution in [2.45, 2.75) is 33.1 Å². The number of nitrogens with one attached hydrogen (secondary N) is 1. The SMILES string of the molecule is COc1c(N)cc(C(C)(C)C)cc1NC(=O)c1ccc(C)c(N(N)/C=C(\N)C=O)c1. The average molecular weight is 412 g/mol. The van der Waals surface area contributed by atoms with Gasteiger partial charge in [0.2, 0.25) is 0 Å². The Morgan fingerprint density at radius 1 is 1.20 bits per heavy atom. The molecule has 0 spiro atoms. The fourth-order valence-electron chi connectivity index (χ4n) is 2.89. The maximum atomic E-state index is 13.0. The molecule has 1 amide bonds. The number of hydrogen-bond acceptors (Lipinski definition) is 7. The highest BCUT2D eigenvalue weighted by Gasteiger charge is 2.20. The number of nitrogen functional groups attached to an aromatic ring is 1. The van der Waals surface area contributed by atoms with E-state index in [2.05, 4.69) is 26.1 Å². The number of benzene rings is 2. The largest absolute Gasteiger partial charge is 0.492 e. The number of nitrogens with zero attached hydrogens (tertiary/aromatic N) is 1. The molecule has 8 heteroatoms. The number of hydrogen-bond donors (Lipinski definition) is 4. The van der Waals surface area contributed by atoms with E-state index >= 15 is 0 Å². The summed E-state index contributed by atoms with van der Waals surface area (Å²) in [6.07, 6.45) is 1.78. The van der Waals surface area contributed by atoms with Gasteiger partial charge in [-0.2, -0.15) is 0 Å². The van der Waals surface area contributed by atoms with Crippen LogP contribution in [0.4, 0.5) is 17.1 Å². The van der Waals surface area contributed by atoms with Crippen molar-refractivity contribution in [2.75, 3.05) is 23.2 Å². The van der Waals surface area contributed by atoms with Crippen LogP contribution < -0.4 is 32.4 Å². The second kappa shape index (κ2) is 8.87. The first-order chi connectivity index (χ1) is 14.0. The maximum Gasteiger partial charge on any atom is 0.255 e. The predicted molar refractivity (Wildman–Crippen MR) is 120 cm³/mol. The quantitative estimate of drug-likeness (QED) is 0.189. The molecule has 0 unspecified atom stereocenters. The normalized spacial score (nSPS) is 11.7. The van der Waals surface area contributed by atoms with Crippen molar-refractivity contribution < 1.29 is 14.3 Å². The van der Waals surface area contributed by atoms with Crippen molar-refractivity contribution in [3.8, 4) is 5.75 Å². The Bertz CT molecular complexity index is 993. The average Bonchev–Trinajstić information content (AvgIpc) is 2.67. The van der Waals surface area contributed by atoms with Gasteiger partial charge < -0.3 is 21.5 Å². The van der Waals surface area contributed by atoms with Crippen LogP contribution in [0, 0.1) is 6.92 Å². The summed E-state index contributed by atoms with van der Waals surface area (Å²) in [6, 6.07) is 8.74. The third-order valence-electron chi connectivity index (χ3n) is 4.61. The molecule has 0 aliphatic rings. The van der Waals surface area contributed by atoms with E-state index < -0.39 is 0 Å². The summed E-state index contributed by atoms with van der Waals surface area (Å²) in [4.78, 5) is 23.7. The molecule has 0 fully saturated rings. The summed E-state index contributed by atoms with van der Waals surface area (Å²) in [5, 5.41) is 4.07. The van der Waals surface area contributed by atoms with Gasteiger partial charge in [0.15, 0.2) is 12.0 Å². The zero-order valence-corrected chi connectivity index (χ0v) is 17.9. The van der Waals surface area contributed by atoms with E-state index in [4.69, 9.17) is 22.0 Å².